The van der Waals surface area contributed by atoms with Gasteiger partial charge in [0.2, 0.25) is 0 Å². The first-order valence-electron chi connectivity index (χ1n) is 9.48. The Morgan fingerprint density at radius 1 is 0.815 bits per heavy atom. The standard InChI is InChI=1S/C22H25N5/c1-18(19-8-4-2-5-9-19)25-21-16-22(24-17-23-21)27-14-12-26(13-15-27)20-10-6-3-7-11-20/h2-11,16-18H,12-15H2,1H3,(H,23,24,25). The molecule has 1 aromatic heterocycles. The number of benzene rings is 2. The molecule has 1 atom stereocenters. The number of para-hydroxylation sites is 1. The van der Waals surface area contributed by atoms with Crippen molar-refractivity contribution in [2.45, 2.75) is 13.0 Å². The predicted molar refractivity (Wildman–Crippen MR) is 111 cm³/mol. The topological polar surface area (TPSA) is 44.3 Å². The largest absolute Gasteiger partial charge is 0.368 e. The van der Waals surface area contributed by atoms with E-state index >= 15 is 0 Å². The van der Waals surface area contributed by atoms with Gasteiger partial charge in [-0.1, -0.05) is 48.5 Å². The molecule has 1 saturated heterocycles. The molecule has 138 valence electrons. The number of piperazine rings is 1. The van der Waals surface area contributed by atoms with Gasteiger partial charge in [-0.05, 0) is 24.6 Å². The van der Waals surface area contributed by atoms with Crippen molar-refractivity contribution >= 4 is 17.3 Å². The smallest absolute Gasteiger partial charge is 0.134 e. The molecule has 0 saturated carbocycles. The van der Waals surface area contributed by atoms with E-state index in [4.69, 9.17) is 0 Å². The van der Waals surface area contributed by atoms with Gasteiger partial charge in [0.1, 0.15) is 18.0 Å². The maximum atomic E-state index is 4.50. The van der Waals surface area contributed by atoms with E-state index in [0.717, 1.165) is 37.8 Å². The summed E-state index contributed by atoms with van der Waals surface area (Å²) >= 11 is 0. The van der Waals surface area contributed by atoms with Gasteiger partial charge >= 0.3 is 0 Å². The second-order valence-electron chi connectivity index (χ2n) is 6.85. The summed E-state index contributed by atoms with van der Waals surface area (Å²) in [6.45, 7) is 6.06. The lowest BCUT2D eigenvalue weighted by molar-refractivity contribution is 0.647. The summed E-state index contributed by atoms with van der Waals surface area (Å²) in [5, 5.41) is 3.48. The number of nitrogens with zero attached hydrogens (tertiary/aromatic N) is 4. The molecule has 27 heavy (non-hydrogen) atoms. The lowest BCUT2D eigenvalue weighted by Gasteiger charge is -2.36. The number of aromatic nitrogens is 2. The number of rotatable bonds is 5. The van der Waals surface area contributed by atoms with E-state index in [1.807, 2.05) is 6.07 Å². The Morgan fingerprint density at radius 2 is 1.44 bits per heavy atom. The maximum Gasteiger partial charge on any atom is 0.134 e. The van der Waals surface area contributed by atoms with Crippen LogP contribution in [0.1, 0.15) is 18.5 Å². The monoisotopic (exact) mass is 359 g/mol. The molecule has 1 fully saturated rings. The normalized spacial score (nSPS) is 15.4. The van der Waals surface area contributed by atoms with Crippen LogP contribution in [0.15, 0.2) is 73.1 Å². The van der Waals surface area contributed by atoms with Gasteiger partial charge in [0, 0.05) is 44.0 Å². The Hall–Kier alpha value is -3.08. The highest BCUT2D eigenvalue weighted by atomic mass is 15.3. The minimum Gasteiger partial charge on any atom is -0.368 e. The van der Waals surface area contributed by atoms with Gasteiger partial charge in [-0.3, -0.25) is 0 Å². The Morgan fingerprint density at radius 3 is 2.15 bits per heavy atom. The summed E-state index contributed by atoms with van der Waals surface area (Å²) in [6.07, 6.45) is 1.65. The summed E-state index contributed by atoms with van der Waals surface area (Å²) in [6, 6.07) is 23.3. The summed E-state index contributed by atoms with van der Waals surface area (Å²) in [5.74, 6) is 1.85. The molecule has 0 spiro atoms. The van der Waals surface area contributed by atoms with Crippen LogP contribution in [0, 0.1) is 0 Å². The van der Waals surface area contributed by atoms with Gasteiger partial charge in [-0.15, -0.1) is 0 Å². The van der Waals surface area contributed by atoms with E-state index in [1.54, 1.807) is 6.33 Å². The fourth-order valence-electron chi connectivity index (χ4n) is 3.48. The first kappa shape index (κ1) is 17.3. The molecule has 3 aromatic rings. The van der Waals surface area contributed by atoms with Gasteiger partial charge in [0.05, 0.1) is 0 Å². The molecule has 0 bridgehead atoms. The summed E-state index contributed by atoms with van der Waals surface area (Å²) in [5.41, 5.74) is 2.54. The van der Waals surface area contributed by atoms with Crippen molar-refractivity contribution in [3.05, 3.63) is 78.6 Å². The average molecular weight is 359 g/mol. The first-order valence-corrected chi connectivity index (χ1v) is 9.48. The van der Waals surface area contributed by atoms with E-state index in [0.29, 0.717) is 0 Å². The molecule has 1 N–H and O–H groups in total. The third kappa shape index (κ3) is 4.19. The van der Waals surface area contributed by atoms with Gasteiger partial charge < -0.3 is 15.1 Å². The van der Waals surface area contributed by atoms with Gasteiger partial charge in [-0.25, -0.2) is 9.97 Å². The minimum absolute atomic E-state index is 0.198. The molecular formula is C22H25N5. The van der Waals surface area contributed by atoms with Crippen molar-refractivity contribution in [3.8, 4) is 0 Å². The van der Waals surface area contributed by atoms with E-state index in [9.17, 15) is 0 Å². The van der Waals surface area contributed by atoms with Crippen LogP contribution in [0.2, 0.25) is 0 Å². The molecule has 2 heterocycles. The second kappa shape index (κ2) is 8.08. The molecule has 0 aliphatic carbocycles. The Kier molecular flexibility index (Phi) is 5.19. The SMILES string of the molecule is CC(Nc1cc(N2CCN(c3ccccc3)CC2)ncn1)c1ccccc1. The predicted octanol–water partition coefficient (Wildman–Crippen LogP) is 3.98. The van der Waals surface area contributed by atoms with Crippen LogP contribution in [0.3, 0.4) is 0 Å². The van der Waals surface area contributed by atoms with Gasteiger partial charge in [0.25, 0.3) is 0 Å². The van der Waals surface area contributed by atoms with E-state index in [-0.39, 0.29) is 6.04 Å². The maximum absolute atomic E-state index is 4.50. The van der Waals surface area contributed by atoms with E-state index in [1.165, 1.54) is 11.3 Å². The molecule has 5 nitrogen and oxygen atoms in total. The van der Waals surface area contributed by atoms with Crippen LogP contribution in [-0.4, -0.2) is 36.1 Å². The average Bonchev–Trinajstić information content (AvgIpc) is 2.75. The van der Waals surface area contributed by atoms with Crippen LogP contribution in [0.25, 0.3) is 0 Å². The van der Waals surface area contributed by atoms with Crippen LogP contribution in [0.4, 0.5) is 17.3 Å². The number of hydrogen-bond acceptors (Lipinski definition) is 5. The number of nitrogens with one attached hydrogen (secondary N) is 1. The summed E-state index contributed by atoms with van der Waals surface area (Å²) in [7, 11) is 0. The van der Waals surface area contributed by atoms with Crippen molar-refractivity contribution in [2.75, 3.05) is 41.3 Å². The lowest BCUT2D eigenvalue weighted by Crippen LogP contribution is -2.46. The third-order valence-electron chi connectivity index (χ3n) is 5.04. The fourth-order valence-corrected chi connectivity index (χ4v) is 3.48. The molecule has 0 amide bonds. The highest BCUT2D eigenvalue weighted by Gasteiger charge is 2.19. The molecule has 0 radical (unpaired) electrons. The third-order valence-corrected chi connectivity index (χ3v) is 5.04. The van der Waals surface area contributed by atoms with Crippen LogP contribution in [-0.2, 0) is 0 Å². The molecule has 4 rings (SSSR count). The zero-order valence-electron chi connectivity index (χ0n) is 15.6. The highest BCUT2D eigenvalue weighted by molar-refractivity contribution is 5.52. The van der Waals surface area contributed by atoms with Crippen molar-refractivity contribution in [1.29, 1.82) is 0 Å². The second-order valence-corrected chi connectivity index (χ2v) is 6.85. The Balaban J connectivity index is 1.40. The molecule has 5 heteroatoms. The van der Waals surface area contributed by atoms with Crippen LogP contribution in [0.5, 0.6) is 0 Å². The molecule has 1 unspecified atom stereocenters. The molecular weight excluding hydrogens is 334 g/mol. The fraction of sp³-hybridized carbons (Fsp3) is 0.273. The lowest BCUT2D eigenvalue weighted by atomic mass is 10.1. The van der Waals surface area contributed by atoms with Crippen LogP contribution < -0.4 is 15.1 Å². The summed E-state index contributed by atoms with van der Waals surface area (Å²) in [4.78, 5) is 13.7. The Bertz CT molecular complexity index is 845. The first-order chi connectivity index (χ1) is 13.3. The molecule has 1 aliphatic rings. The minimum atomic E-state index is 0.198. The van der Waals surface area contributed by atoms with Crippen molar-refractivity contribution in [3.63, 3.8) is 0 Å². The van der Waals surface area contributed by atoms with Gasteiger partial charge in [0.15, 0.2) is 0 Å². The van der Waals surface area contributed by atoms with Crippen molar-refractivity contribution in [1.82, 2.24) is 9.97 Å². The van der Waals surface area contributed by atoms with E-state index in [2.05, 4.69) is 92.7 Å². The quantitative estimate of drug-likeness (QED) is 0.747. The van der Waals surface area contributed by atoms with Crippen molar-refractivity contribution < 1.29 is 0 Å². The number of anilines is 3. The highest BCUT2D eigenvalue weighted by Crippen LogP contribution is 2.22. The summed E-state index contributed by atoms with van der Waals surface area (Å²) < 4.78 is 0. The molecule has 2 aromatic carbocycles. The zero-order chi connectivity index (χ0) is 18.5. The molecule has 1 aliphatic heterocycles. The Labute approximate surface area is 160 Å². The number of hydrogen-bond donors (Lipinski definition) is 1. The van der Waals surface area contributed by atoms with Crippen LogP contribution >= 0.6 is 0 Å². The van der Waals surface area contributed by atoms with E-state index < -0.39 is 0 Å². The van der Waals surface area contributed by atoms with Gasteiger partial charge in [-0.2, -0.15) is 0 Å². The zero-order valence-corrected chi connectivity index (χ0v) is 15.6. The van der Waals surface area contributed by atoms with Crippen molar-refractivity contribution in [2.24, 2.45) is 0 Å².